The van der Waals surface area contributed by atoms with Crippen LogP contribution in [-0.4, -0.2) is 88.7 Å². The zero-order chi connectivity index (χ0) is 28.0. The molecule has 0 aromatic carbocycles. The maximum Gasteiger partial charge on any atom is 0.511 e. The van der Waals surface area contributed by atoms with Crippen molar-refractivity contribution in [2.75, 3.05) is 24.8 Å². The largest absolute Gasteiger partial charge is 0.511 e. The SMILES string of the molecule is CCOC(=O)OC(C)OC(=O)C1=CCS[C@@H]2C(NC(=O)C(=NOC)c3csc(NC(=O)[C@H](C)N)n3)C(=O)N12.Cl. The Hall–Kier alpha value is -3.41. The molecule has 15 nitrogen and oxygen atoms in total. The number of rotatable bonds is 10. The van der Waals surface area contributed by atoms with Crippen molar-refractivity contribution in [2.24, 2.45) is 10.9 Å². The van der Waals surface area contributed by atoms with Crippen molar-refractivity contribution in [3.05, 3.63) is 22.8 Å². The monoisotopic (exact) mass is 606 g/mol. The van der Waals surface area contributed by atoms with Crippen LogP contribution in [0.15, 0.2) is 22.3 Å². The van der Waals surface area contributed by atoms with Crippen LogP contribution in [0.1, 0.15) is 26.5 Å². The molecule has 3 amide bonds. The average molecular weight is 607 g/mol. The number of fused-ring (bicyclic) bond motifs is 1. The predicted octanol–water partition coefficient (Wildman–Crippen LogP) is 0.547. The lowest BCUT2D eigenvalue weighted by Crippen LogP contribution is -2.70. The number of amides is 3. The number of β-lactam (4-membered cyclic amide) rings is 1. The van der Waals surface area contributed by atoms with Crippen molar-refractivity contribution < 1.29 is 43.0 Å². The number of aromatic nitrogens is 1. The Balaban J connectivity index is 0.00000533. The fourth-order valence-corrected chi connectivity index (χ4v) is 5.11. The van der Waals surface area contributed by atoms with Gasteiger partial charge in [0.2, 0.25) is 12.2 Å². The number of hydrogen-bond acceptors (Lipinski definition) is 14. The van der Waals surface area contributed by atoms with Gasteiger partial charge in [-0.05, 0) is 19.9 Å². The van der Waals surface area contributed by atoms with Crippen LogP contribution in [0.3, 0.4) is 0 Å². The van der Waals surface area contributed by atoms with Crippen molar-refractivity contribution in [2.45, 2.75) is 44.5 Å². The van der Waals surface area contributed by atoms with Crippen LogP contribution in [0.5, 0.6) is 0 Å². The first-order valence-corrected chi connectivity index (χ1v) is 13.1. The van der Waals surface area contributed by atoms with Gasteiger partial charge in [0.1, 0.15) is 29.9 Å². The van der Waals surface area contributed by atoms with Gasteiger partial charge in [0.05, 0.1) is 12.6 Å². The number of oxime groups is 1. The van der Waals surface area contributed by atoms with Gasteiger partial charge in [-0.25, -0.2) is 14.6 Å². The van der Waals surface area contributed by atoms with E-state index >= 15 is 0 Å². The summed E-state index contributed by atoms with van der Waals surface area (Å²) in [5.41, 5.74) is 5.38. The number of carbonyl (C=O) groups is 5. The Labute approximate surface area is 237 Å². The van der Waals surface area contributed by atoms with E-state index in [1.54, 1.807) is 6.92 Å². The number of thioether (sulfide) groups is 1. The van der Waals surface area contributed by atoms with Crippen LogP contribution in [-0.2, 0) is 38.2 Å². The Morgan fingerprint density at radius 3 is 2.64 bits per heavy atom. The highest BCUT2D eigenvalue weighted by Crippen LogP contribution is 2.38. The fraction of sp³-hybridized carbons (Fsp3) is 0.476. The number of nitrogens with two attached hydrogens (primary N) is 1. The molecule has 0 aliphatic carbocycles. The molecule has 1 fully saturated rings. The third-order valence-corrected chi connectivity index (χ3v) is 6.87. The van der Waals surface area contributed by atoms with E-state index in [9.17, 15) is 24.0 Å². The summed E-state index contributed by atoms with van der Waals surface area (Å²) in [6, 6.07) is -1.74. The van der Waals surface area contributed by atoms with Crippen LogP contribution in [0.2, 0.25) is 0 Å². The van der Waals surface area contributed by atoms with Gasteiger partial charge in [-0.15, -0.1) is 35.5 Å². The summed E-state index contributed by atoms with van der Waals surface area (Å²) in [6.07, 6.45) is -0.753. The highest BCUT2D eigenvalue weighted by atomic mass is 35.5. The molecule has 4 N–H and O–H groups in total. The molecule has 2 unspecified atom stereocenters. The number of thiazole rings is 1. The van der Waals surface area contributed by atoms with E-state index in [0.29, 0.717) is 5.75 Å². The molecule has 214 valence electrons. The summed E-state index contributed by atoms with van der Waals surface area (Å²) in [5.74, 6) is -2.30. The summed E-state index contributed by atoms with van der Waals surface area (Å²) in [6.45, 7) is 4.52. The van der Waals surface area contributed by atoms with Gasteiger partial charge >= 0.3 is 12.1 Å². The number of hydrogen-bond donors (Lipinski definition) is 3. The molecule has 2 aliphatic rings. The molecule has 2 aliphatic heterocycles. The van der Waals surface area contributed by atoms with Crippen molar-refractivity contribution >= 4 is 76.2 Å². The average Bonchev–Trinajstić information content (AvgIpc) is 3.32. The first-order chi connectivity index (χ1) is 18.1. The van der Waals surface area contributed by atoms with Crippen molar-refractivity contribution in [1.29, 1.82) is 0 Å². The molecule has 1 saturated heterocycles. The lowest BCUT2D eigenvalue weighted by molar-refractivity contribution is -0.168. The Morgan fingerprint density at radius 1 is 1.28 bits per heavy atom. The Kier molecular flexibility index (Phi) is 11.5. The second-order valence-corrected chi connectivity index (χ2v) is 9.69. The minimum atomic E-state index is -1.25. The molecule has 0 bridgehead atoms. The van der Waals surface area contributed by atoms with E-state index in [1.165, 1.54) is 49.1 Å². The molecule has 3 rings (SSSR count). The molecule has 4 atom stereocenters. The summed E-state index contributed by atoms with van der Waals surface area (Å²) in [4.78, 5) is 71.9. The molecule has 0 radical (unpaired) electrons. The first kappa shape index (κ1) is 31.8. The minimum absolute atomic E-state index is 0. The minimum Gasteiger partial charge on any atom is -0.435 e. The van der Waals surface area contributed by atoms with E-state index in [2.05, 4.69) is 25.5 Å². The molecule has 18 heteroatoms. The van der Waals surface area contributed by atoms with Gasteiger partial charge in [0.25, 0.3) is 11.8 Å². The number of nitrogens with one attached hydrogen (secondary N) is 2. The van der Waals surface area contributed by atoms with Gasteiger partial charge in [-0.2, -0.15) is 0 Å². The van der Waals surface area contributed by atoms with Gasteiger partial charge in [0, 0.05) is 18.1 Å². The third-order valence-electron chi connectivity index (χ3n) is 4.93. The molecule has 0 saturated carbocycles. The number of nitrogens with zero attached hydrogens (tertiary/aromatic N) is 3. The predicted molar refractivity (Wildman–Crippen MR) is 142 cm³/mol. The van der Waals surface area contributed by atoms with Gasteiger partial charge in [-0.3, -0.25) is 19.3 Å². The number of ether oxygens (including phenoxy) is 3. The highest BCUT2D eigenvalue weighted by Gasteiger charge is 2.53. The number of halogens is 1. The van der Waals surface area contributed by atoms with Crippen molar-refractivity contribution in [3.63, 3.8) is 0 Å². The van der Waals surface area contributed by atoms with E-state index in [1.807, 2.05) is 0 Å². The molecule has 0 spiro atoms. The summed E-state index contributed by atoms with van der Waals surface area (Å²) >= 11 is 2.36. The van der Waals surface area contributed by atoms with Gasteiger partial charge < -0.3 is 35.4 Å². The topological polar surface area (TPSA) is 201 Å². The lowest BCUT2D eigenvalue weighted by Gasteiger charge is -2.48. The summed E-state index contributed by atoms with van der Waals surface area (Å²) in [7, 11) is 1.24. The fourth-order valence-electron chi connectivity index (χ4n) is 3.22. The Bertz CT molecular complexity index is 1170. The van der Waals surface area contributed by atoms with Crippen LogP contribution in [0.4, 0.5) is 9.93 Å². The Morgan fingerprint density at radius 2 is 2.00 bits per heavy atom. The molecular weight excluding hydrogens is 580 g/mol. The van der Waals surface area contributed by atoms with E-state index in [-0.39, 0.29) is 41.2 Å². The van der Waals surface area contributed by atoms with Crippen LogP contribution >= 0.6 is 35.5 Å². The second-order valence-electron chi connectivity index (χ2n) is 7.68. The van der Waals surface area contributed by atoms with Crippen molar-refractivity contribution in [1.82, 2.24) is 15.2 Å². The van der Waals surface area contributed by atoms with Gasteiger partial charge in [0.15, 0.2) is 10.8 Å². The third kappa shape index (κ3) is 7.59. The van der Waals surface area contributed by atoms with E-state index < -0.39 is 53.6 Å². The molecule has 39 heavy (non-hydrogen) atoms. The zero-order valence-corrected chi connectivity index (χ0v) is 23.6. The highest BCUT2D eigenvalue weighted by molar-refractivity contribution is 8.00. The van der Waals surface area contributed by atoms with E-state index in [4.69, 9.17) is 20.0 Å². The maximum atomic E-state index is 13.0. The lowest BCUT2D eigenvalue weighted by atomic mass is 10.0. The van der Waals surface area contributed by atoms with Gasteiger partial charge in [-0.1, -0.05) is 5.16 Å². The zero-order valence-electron chi connectivity index (χ0n) is 21.2. The van der Waals surface area contributed by atoms with E-state index in [0.717, 1.165) is 11.3 Å². The molecule has 1 aromatic heterocycles. The number of anilines is 1. The number of carbonyl (C=O) groups excluding carboxylic acids is 5. The van der Waals surface area contributed by atoms with Crippen molar-refractivity contribution in [3.8, 4) is 0 Å². The van der Waals surface area contributed by atoms with Crippen LogP contribution in [0, 0.1) is 0 Å². The maximum absolute atomic E-state index is 13.0. The summed E-state index contributed by atoms with van der Waals surface area (Å²) in [5, 5.41) is 9.90. The first-order valence-electron chi connectivity index (χ1n) is 11.2. The van der Waals surface area contributed by atoms with Crippen LogP contribution < -0.4 is 16.4 Å². The number of esters is 1. The normalized spacial score (nSPS) is 19.6. The molecule has 3 heterocycles. The summed E-state index contributed by atoms with van der Waals surface area (Å²) < 4.78 is 14.5. The molecule has 1 aromatic rings. The quantitative estimate of drug-likeness (QED) is 0.110. The van der Waals surface area contributed by atoms with Crippen LogP contribution in [0.25, 0.3) is 0 Å². The smallest absolute Gasteiger partial charge is 0.435 e. The molecular formula is C21H27ClN6O9S2. The second kappa shape index (κ2) is 14.1. The standard InChI is InChI=1S/C21H26N6O9S2.ClH/c1-5-34-21(32)36-10(3)35-19(31)12-6-7-37-18-14(17(30)27(12)18)24-16(29)13(26-33-4)11-8-38-20(23-11)25-15(28)9(2)22;/h6,8-10,14,18H,5,7,22H2,1-4H3,(H,24,29)(H,23,25,28);1H/t9-,10?,14?,18+;/m0./s1.